The van der Waals surface area contributed by atoms with E-state index in [4.69, 9.17) is 5.73 Å². The fourth-order valence-electron chi connectivity index (χ4n) is 1.91. The van der Waals surface area contributed by atoms with Gasteiger partial charge in [0.15, 0.2) is 0 Å². The summed E-state index contributed by atoms with van der Waals surface area (Å²) in [4.78, 5) is 2.40. The summed E-state index contributed by atoms with van der Waals surface area (Å²) in [6, 6.07) is 4.90. The van der Waals surface area contributed by atoms with Crippen LogP contribution in [0.2, 0.25) is 0 Å². The summed E-state index contributed by atoms with van der Waals surface area (Å²) in [5.41, 5.74) is 7.40. The van der Waals surface area contributed by atoms with Crippen LogP contribution in [0.5, 0.6) is 0 Å². The van der Waals surface area contributed by atoms with E-state index in [0.717, 1.165) is 30.3 Å². The Kier molecular flexibility index (Phi) is 4.04. The lowest BCUT2D eigenvalue weighted by atomic mass is 10.2. The lowest BCUT2D eigenvalue weighted by Gasteiger charge is -2.29. The van der Waals surface area contributed by atoms with Gasteiger partial charge in [-0.05, 0) is 25.2 Å². The SMILES string of the molecule is CNS(=O)(=O)c1ccc(N2CCSCC2)c(N)c1. The van der Waals surface area contributed by atoms with Crippen molar-refractivity contribution in [3.8, 4) is 0 Å². The Morgan fingerprint density at radius 1 is 1.33 bits per heavy atom. The largest absolute Gasteiger partial charge is 0.397 e. The first-order valence-corrected chi connectivity index (χ1v) is 8.34. The van der Waals surface area contributed by atoms with Crippen molar-refractivity contribution in [3.63, 3.8) is 0 Å². The molecule has 7 heteroatoms. The Morgan fingerprint density at radius 2 is 2.00 bits per heavy atom. The molecule has 0 amide bonds. The van der Waals surface area contributed by atoms with E-state index in [9.17, 15) is 8.42 Å². The molecule has 1 aliphatic heterocycles. The minimum absolute atomic E-state index is 0.206. The number of nitrogens with zero attached hydrogens (tertiary/aromatic N) is 1. The van der Waals surface area contributed by atoms with Crippen LogP contribution in [-0.4, -0.2) is 40.1 Å². The number of benzene rings is 1. The predicted molar refractivity (Wildman–Crippen MR) is 76.6 cm³/mol. The van der Waals surface area contributed by atoms with Gasteiger partial charge in [-0.25, -0.2) is 13.1 Å². The van der Waals surface area contributed by atoms with Gasteiger partial charge in [-0.3, -0.25) is 0 Å². The zero-order valence-corrected chi connectivity index (χ0v) is 11.9. The molecule has 0 aromatic heterocycles. The Hall–Kier alpha value is -0.920. The molecule has 1 heterocycles. The maximum atomic E-state index is 11.7. The number of sulfonamides is 1. The van der Waals surface area contributed by atoms with E-state index in [0.29, 0.717) is 5.69 Å². The molecule has 2 rings (SSSR count). The summed E-state index contributed by atoms with van der Waals surface area (Å²) in [5.74, 6) is 2.16. The molecule has 0 atom stereocenters. The summed E-state index contributed by atoms with van der Waals surface area (Å²) in [6.07, 6.45) is 0. The number of nitrogens with one attached hydrogen (secondary N) is 1. The molecule has 1 aromatic carbocycles. The molecule has 18 heavy (non-hydrogen) atoms. The van der Waals surface area contributed by atoms with Crippen molar-refractivity contribution < 1.29 is 8.42 Å². The maximum absolute atomic E-state index is 11.7. The molecule has 0 unspecified atom stereocenters. The van der Waals surface area contributed by atoms with E-state index in [1.165, 1.54) is 13.1 Å². The van der Waals surface area contributed by atoms with Crippen LogP contribution in [0.1, 0.15) is 0 Å². The molecule has 1 fully saturated rings. The van der Waals surface area contributed by atoms with Gasteiger partial charge in [-0.15, -0.1) is 0 Å². The minimum Gasteiger partial charge on any atom is -0.397 e. The standard InChI is InChI=1S/C11H17N3O2S2/c1-13-18(15,16)9-2-3-11(10(12)8-9)14-4-6-17-7-5-14/h2-3,8,13H,4-7,12H2,1H3. The molecular weight excluding hydrogens is 270 g/mol. The van der Waals surface area contributed by atoms with Crippen LogP contribution in [-0.2, 0) is 10.0 Å². The van der Waals surface area contributed by atoms with Crippen molar-refractivity contribution in [2.24, 2.45) is 0 Å². The van der Waals surface area contributed by atoms with Crippen molar-refractivity contribution in [2.45, 2.75) is 4.90 Å². The van der Waals surface area contributed by atoms with Crippen LogP contribution in [0.3, 0.4) is 0 Å². The summed E-state index contributed by atoms with van der Waals surface area (Å²) in [6.45, 7) is 1.90. The number of nitrogens with two attached hydrogens (primary N) is 1. The highest BCUT2D eigenvalue weighted by molar-refractivity contribution is 7.99. The molecular formula is C11H17N3O2S2. The zero-order chi connectivity index (χ0) is 13.2. The molecule has 1 saturated heterocycles. The molecule has 100 valence electrons. The number of anilines is 2. The van der Waals surface area contributed by atoms with Gasteiger partial charge in [0.05, 0.1) is 16.3 Å². The predicted octanol–water partition coefficient (Wildman–Crippen LogP) is 0.730. The highest BCUT2D eigenvalue weighted by atomic mass is 32.2. The topological polar surface area (TPSA) is 75.4 Å². The normalized spacial score (nSPS) is 16.8. The molecule has 1 aromatic rings. The van der Waals surface area contributed by atoms with Gasteiger partial charge in [0, 0.05) is 24.6 Å². The molecule has 0 aliphatic carbocycles. The van der Waals surface area contributed by atoms with Crippen LogP contribution in [0, 0.1) is 0 Å². The van der Waals surface area contributed by atoms with Crippen LogP contribution < -0.4 is 15.4 Å². The minimum atomic E-state index is -3.42. The molecule has 0 radical (unpaired) electrons. The summed E-state index contributed by atoms with van der Waals surface area (Å²) in [7, 11) is -2.03. The van der Waals surface area contributed by atoms with E-state index in [1.54, 1.807) is 12.1 Å². The number of thioether (sulfide) groups is 1. The van der Waals surface area contributed by atoms with E-state index < -0.39 is 10.0 Å². The fraction of sp³-hybridized carbons (Fsp3) is 0.455. The Morgan fingerprint density at radius 3 is 2.56 bits per heavy atom. The highest BCUT2D eigenvalue weighted by Gasteiger charge is 2.17. The zero-order valence-electron chi connectivity index (χ0n) is 10.2. The molecule has 0 saturated carbocycles. The highest BCUT2D eigenvalue weighted by Crippen LogP contribution is 2.28. The number of nitrogen functional groups attached to an aromatic ring is 1. The smallest absolute Gasteiger partial charge is 0.240 e. The van der Waals surface area contributed by atoms with Crippen molar-refractivity contribution in [3.05, 3.63) is 18.2 Å². The third-order valence-electron chi connectivity index (χ3n) is 2.93. The average Bonchev–Trinajstić information content (AvgIpc) is 2.39. The van der Waals surface area contributed by atoms with Crippen LogP contribution in [0.15, 0.2) is 23.1 Å². The first-order valence-electron chi connectivity index (χ1n) is 5.70. The van der Waals surface area contributed by atoms with Crippen LogP contribution >= 0.6 is 11.8 Å². The van der Waals surface area contributed by atoms with Gasteiger partial charge in [-0.2, -0.15) is 11.8 Å². The second kappa shape index (κ2) is 5.38. The lowest BCUT2D eigenvalue weighted by molar-refractivity contribution is 0.588. The third kappa shape index (κ3) is 2.73. The van der Waals surface area contributed by atoms with E-state index >= 15 is 0 Å². The number of hydrogen-bond acceptors (Lipinski definition) is 5. The first kappa shape index (κ1) is 13.5. The van der Waals surface area contributed by atoms with Gasteiger partial charge in [0.1, 0.15) is 0 Å². The second-order valence-corrected chi connectivity index (χ2v) is 7.14. The molecule has 0 bridgehead atoms. The second-order valence-electron chi connectivity index (χ2n) is 4.03. The molecule has 3 N–H and O–H groups in total. The average molecular weight is 287 g/mol. The van der Waals surface area contributed by atoms with Crippen molar-refractivity contribution >= 4 is 33.2 Å². The van der Waals surface area contributed by atoms with Crippen molar-refractivity contribution in [1.82, 2.24) is 4.72 Å². The number of rotatable bonds is 3. The quantitative estimate of drug-likeness (QED) is 0.802. The van der Waals surface area contributed by atoms with E-state index in [-0.39, 0.29) is 4.90 Å². The van der Waals surface area contributed by atoms with Crippen molar-refractivity contribution in [1.29, 1.82) is 0 Å². The third-order valence-corrected chi connectivity index (χ3v) is 5.28. The summed E-state index contributed by atoms with van der Waals surface area (Å²) >= 11 is 1.92. The van der Waals surface area contributed by atoms with Gasteiger partial charge in [-0.1, -0.05) is 0 Å². The molecule has 0 spiro atoms. The van der Waals surface area contributed by atoms with Gasteiger partial charge in [0.25, 0.3) is 0 Å². The molecule has 1 aliphatic rings. The summed E-state index contributed by atoms with van der Waals surface area (Å²) < 4.78 is 25.6. The van der Waals surface area contributed by atoms with Gasteiger partial charge < -0.3 is 10.6 Å². The first-order chi connectivity index (χ1) is 8.54. The van der Waals surface area contributed by atoms with Gasteiger partial charge in [0.2, 0.25) is 10.0 Å². The Labute approximate surface area is 112 Å². The lowest BCUT2D eigenvalue weighted by Crippen LogP contribution is -2.33. The van der Waals surface area contributed by atoms with E-state index in [2.05, 4.69) is 9.62 Å². The Bertz CT molecular complexity index is 525. The Balaban J connectivity index is 2.30. The maximum Gasteiger partial charge on any atom is 0.240 e. The van der Waals surface area contributed by atoms with Crippen molar-refractivity contribution in [2.75, 3.05) is 42.3 Å². The monoisotopic (exact) mass is 287 g/mol. The number of hydrogen-bond donors (Lipinski definition) is 2. The molecule has 5 nitrogen and oxygen atoms in total. The van der Waals surface area contributed by atoms with Crippen LogP contribution in [0.4, 0.5) is 11.4 Å². The fourth-order valence-corrected chi connectivity index (χ4v) is 3.58. The van der Waals surface area contributed by atoms with Crippen LogP contribution in [0.25, 0.3) is 0 Å². The summed E-state index contributed by atoms with van der Waals surface area (Å²) in [5, 5.41) is 0. The van der Waals surface area contributed by atoms with Gasteiger partial charge >= 0.3 is 0 Å². The van der Waals surface area contributed by atoms with E-state index in [1.807, 2.05) is 11.8 Å².